The zero-order chi connectivity index (χ0) is 13.0. The smallest absolute Gasteiger partial charge is 0.227 e. The van der Waals surface area contributed by atoms with Crippen LogP contribution in [0.2, 0.25) is 5.02 Å². The van der Waals surface area contributed by atoms with Crippen molar-refractivity contribution in [3.05, 3.63) is 23.2 Å². The van der Waals surface area contributed by atoms with Crippen molar-refractivity contribution < 1.29 is 9.53 Å². The first-order valence-corrected chi connectivity index (χ1v) is 6.43. The molecule has 2 N–H and O–H groups in total. The highest BCUT2D eigenvalue weighted by atomic mass is 35.5. The molecule has 1 aromatic rings. The Kier molecular flexibility index (Phi) is 4.44. The lowest BCUT2D eigenvalue weighted by molar-refractivity contribution is -0.120. The van der Waals surface area contributed by atoms with E-state index in [1.165, 1.54) is 0 Å². The molecule has 4 nitrogen and oxygen atoms in total. The van der Waals surface area contributed by atoms with Crippen molar-refractivity contribution in [2.75, 3.05) is 25.5 Å². The maximum atomic E-state index is 12.1. The SMILES string of the molecule is COc1ccc(Cl)cc1NC(=O)C1CCNCC1. The summed E-state index contributed by atoms with van der Waals surface area (Å²) < 4.78 is 5.20. The minimum absolute atomic E-state index is 0.0390. The van der Waals surface area contributed by atoms with E-state index in [1.54, 1.807) is 25.3 Å². The summed E-state index contributed by atoms with van der Waals surface area (Å²) in [6.45, 7) is 1.79. The number of methoxy groups -OCH3 is 1. The molecular formula is C13H17ClN2O2. The van der Waals surface area contributed by atoms with E-state index in [0.717, 1.165) is 25.9 Å². The Balaban J connectivity index is 2.07. The molecule has 98 valence electrons. The first kappa shape index (κ1) is 13.2. The molecule has 0 unspecified atom stereocenters. The molecule has 0 radical (unpaired) electrons. The van der Waals surface area contributed by atoms with E-state index >= 15 is 0 Å². The van der Waals surface area contributed by atoms with Gasteiger partial charge >= 0.3 is 0 Å². The van der Waals surface area contributed by atoms with Gasteiger partial charge in [0.2, 0.25) is 5.91 Å². The van der Waals surface area contributed by atoms with Gasteiger partial charge in [-0.2, -0.15) is 0 Å². The number of nitrogens with one attached hydrogen (secondary N) is 2. The van der Waals surface area contributed by atoms with E-state index in [1.807, 2.05) is 0 Å². The van der Waals surface area contributed by atoms with Crippen LogP contribution in [-0.4, -0.2) is 26.1 Å². The molecule has 0 bridgehead atoms. The second-order valence-electron chi connectivity index (χ2n) is 4.36. The van der Waals surface area contributed by atoms with Crippen LogP contribution in [0, 0.1) is 5.92 Å². The molecular weight excluding hydrogens is 252 g/mol. The van der Waals surface area contributed by atoms with Crippen LogP contribution in [0.1, 0.15) is 12.8 Å². The number of anilines is 1. The van der Waals surface area contributed by atoms with Crippen molar-refractivity contribution in [2.45, 2.75) is 12.8 Å². The lowest BCUT2D eigenvalue weighted by Gasteiger charge is -2.22. The number of carbonyl (C=O) groups is 1. The van der Waals surface area contributed by atoms with Crippen molar-refractivity contribution >= 4 is 23.2 Å². The number of hydrogen-bond acceptors (Lipinski definition) is 3. The second kappa shape index (κ2) is 6.07. The van der Waals surface area contributed by atoms with Gasteiger partial charge in [0, 0.05) is 10.9 Å². The van der Waals surface area contributed by atoms with Crippen molar-refractivity contribution in [2.24, 2.45) is 5.92 Å². The molecule has 0 atom stereocenters. The number of carbonyl (C=O) groups excluding carboxylic acids is 1. The normalized spacial score (nSPS) is 16.3. The van der Waals surface area contributed by atoms with Gasteiger partial charge in [0.1, 0.15) is 5.75 Å². The average Bonchev–Trinajstić information content (AvgIpc) is 2.40. The Hall–Kier alpha value is -1.26. The molecule has 1 aliphatic rings. The van der Waals surface area contributed by atoms with Gasteiger partial charge in [-0.05, 0) is 44.1 Å². The molecule has 0 aliphatic carbocycles. The van der Waals surface area contributed by atoms with Crippen LogP contribution < -0.4 is 15.4 Å². The van der Waals surface area contributed by atoms with Gasteiger partial charge in [-0.3, -0.25) is 4.79 Å². The molecule has 1 aromatic carbocycles. The van der Waals surface area contributed by atoms with E-state index in [9.17, 15) is 4.79 Å². The third-order valence-corrected chi connectivity index (χ3v) is 3.36. The van der Waals surface area contributed by atoms with Crippen LogP contribution in [-0.2, 0) is 4.79 Å². The van der Waals surface area contributed by atoms with E-state index in [0.29, 0.717) is 16.5 Å². The number of rotatable bonds is 3. The van der Waals surface area contributed by atoms with E-state index < -0.39 is 0 Å². The number of ether oxygens (including phenoxy) is 1. The monoisotopic (exact) mass is 268 g/mol. The Bertz CT molecular complexity index is 431. The molecule has 5 heteroatoms. The fourth-order valence-corrected chi connectivity index (χ4v) is 2.27. The quantitative estimate of drug-likeness (QED) is 0.884. The van der Waals surface area contributed by atoms with Crippen molar-refractivity contribution in [1.82, 2.24) is 5.32 Å². The zero-order valence-electron chi connectivity index (χ0n) is 10.3. The Morgan fingerprint density at radius 3 is 2.83 bits per heavy atom. The Labute approximate surface area is 112 Å². The van der Waals surface area contributed by atoms with Crippen LogP contribution in [0.5, 0.6) is 5.75 Å². The highest BCUT2D eigenvalue weighted by Crippen LogP contribution is 2.28. The molecule has 1 fully saturated rings. The lowest BCUT2D eigenvalue weighted by Crippen LogP contribution is -2.34. The summed E-state index contributed by atoms with van der Waals surface area (Å²) in [5.74, 6) is 0.730. The minimum Gasteiger partial charge on any atom is -0.495 e. The lowest BCUT2D eigenvalue weighted by atomic mass is 9.97. The summed E-state index contributed by atoms with van der Waals surface area (Å²) in [6.07, 6.45) is 1.74. The van der Waals surface area contributed by atoms with Crippen LogP contribution in [0.25, 0.3) is 0 Å². The number of amides is 1. The number of piperidine rings is 1. The summed E-state index contributed by atoms with van der Waals surface area (Å²) in [5.41, 5.74) is 0.633. The number of benzene rings is 1. The third kappa shape index (κ3) is 3.15. The molecule has 1 aliphatic heterocycles. The highest BCUT2D eigenvalue weighted by molar-refractivity contribution is 6.31. The predicted octanol–water partition coefficient (Wildman–Crippen LogP) is 2.29. The van der Waals surface area contributed by atoms with E-state index in [-0.39, 0.29) is 11.8 Å². The van der Waals surface area contributed by atoms with Gasteiger partial charge in [-0.25, -0.2) is 0 Å². The van der Waals surface area contributed by atoms with Crippen molar-refractivity contribution in [3.63, 3.8) is 0 Å². The average molecular weight is 269 g/mol. The molecule has 0 spiro atoms. The maximum absolute atomic E-state index is 12.1. The van der Waals surface area contributed by atoms with Crippen molar-refractivity contribution in [3.8, 4) is 5.75 Å². The van der Waals surface area contributed by atoms with Gasteiger partial charge in [0.15, 0.2) is 0 Å². The summed E-state index contributed by atoms with van der Waals surface area (Å²) in [5, 5.41) is 6.72. The first-order chi connectivity index (χ1) is 8.70. The number of hydrogen-bond donors (Lipinski definition) is 2. The van der Waals surface area contributed by atoms with Crippen LogP contribution >= 0.6 is 11.6 Å². The molecule has 0 saturated carbocycles. The van der Waals surface area contributed by atoms with Crippen molar-refractivity contribution in [1.29, 1.82) is 0 Å². The second-order valence-corrected chi connectivity index (χ2v) is 4.79. The van der Waals surface area contributed by atoms with Gasteiger partial charge in [0.25, 0.3) is 0 Å². The fourth-order valence-electron chi connectivity index (χ4n) is 2.10. The maximum Gasteiger partial charge on any atom is 0.227 e. The fraction of sp³-hybridized carbons (Fsp3) is 0.462. The first-order valence-electron chi connectivity index (χ1n) is 6.06. The molecule has 1 heterocycles. The van der Waals surface area contributed by atoms with E-state index in [2.05, 4.69) is 10.6 Å². The van der Waals surface area contributed by atoms with Gasteiger partial charge < -0.3 is 15.4 Å². The Morgan fingerprint density at radius 2 is 2.17 bits per heavy atom. The van der Waals surface area contributed by atoms with Gasteiger partial charge in [0.05, 0.1) is 12.8 Å². The summed E-state index contributed by atoms with van der Waals surface area (Å²) in [6, 6.07) is 5.19. The summed E-state index contributed by atoms with van der Waals surface area (Å²) >= 11 is 5.93. The molecule has 0 aromatic heterocycles. The number of halogens is 1. The van der Waals surface area contributed by atoms with Crippen LogP contribution in [0.15, 0.2) is 18.2 Å². The summed E-state index contributed by atoms with van der Waals surface area (Å²) in [4.78, 5) is 12.1. The topological polar surface area (TPSA) is 50.4 Å². The Morgan fingerprint density at radius 1 is 1.44 bits per heavy atom. The molecule has 2 rings (SSSR count). The third-order valence-electron chi connectivity index (χ3n) is 3.13. The standard InChI is InChI=1S/C13H17ClN2O2/c1-18-12-3-2-10(14)8-11(12)16-13(17)9-4-6-15-7-5-9/h2-3,8-9,15H,4-7H2,1H3,(H,16,17). The minimum atomic E-state index is 0.0390. The van der Waals surface area contributed by atoms with E-state index in [4.69, 9.17) is 16.3 Å². The largest absolute Gasteiger partial charge is 0.495 e. The van der Waals surface area contributed by atoms with Crippen LogP contribution in [0.3, 0.4) is 0 Å². The van der Waals surface area contributed by atoms with Gasteiger partial charge in [-0.15, -0.1) is 0 Å². The molecule has 18 heavy (non-hydrogen) atoms. The molecule has 1 saturated heterocycles. The molecule has 1 amide bonds. The van der Waals surface area contributed by atoms with Gasteiger partial charge in [-0.1, -0.05) is 11.6 Å². The highest BCUT2D eigenvalue weighted by Gasteiger charge is 2.21. The zero-order valence-corrected chi connectivity index (χ0v) is 11.1. The van der Waals surface area contributed by atoms with Crippen LogP contribution in [0.4, 0.5) is 5.69 Å². The summed E-state index contributed by atoms with van der Waals surface area (Å²) in [7, 11) is 1.57. The predicted molar refractivity (Wildman–Crippen MR) is 72.2 cm³/mol.